The Morgan fingerprint density at radius 2 is 2.06 bits per heavy atom. The number of nitrogens with zero attached hydrogens (tertiary/aromatic N) is 2. The Kier molecular flexibility index (Phi) is 3.30. The average Bonchev–Trinajstić information content (AvgIpc) is 2.38. The number of halogens is 1. The molecule has 0 spiro atoms. The Morgan fingerprint density at radius 3 is 2.76 bits per heavy atom. The number of rotatable bonds is 3. The fourth-order valence-electron chi connectivity index (χ4n) is 1.62. The van der Waals surface area contributed by atoms with Crippen molar-refractivity contribution >= 4 is 0 Å². The van der Waals surface area contributed by atoms with E-state index >= 15 is 0 Å². The van der Waals surface area contributed by atoms with Gasteiger partial charge in [-0.25, -0.2) is 14.4 Å². The van der Waals surface area contributed by atoms with Crippen LogP contribution in [0.2, 0.25) is 0 Å². The van der Waals surface area contributed by atoms with Crippen LogP contribution in [0.1, 0.15) is 5.56 Å². The zero-order chi connectivity index (χ0) is 12.3. The lowest BCUT2D eigenvalue weighted by Gasteiger charge is -2.09. The number of aromatic nitrogens is 2. The monoisotopic (exact) mass is 233 g/mol. The number of hydrogen-bond donors (Lipinski definition) is 1. The van der Waals surface area contributed by atoms with Crippen LogP contribution in [-0.4, -0.2) is 17.1 Å². The molecule has 0 bridgehead atoms. The standard InChI is InChI=1S/C12H12FN3O/c1-17-12-11(15-4-5-16-12)10-3-2-9(13)6-8(10)7-14/h2-6H,7,14H2,1H3. The summed E-state index contributed by atoms with van der Waals surface area (Å²) in [4.78, 5) is 8.24. The molecule has 0 aliphatic rings. The van der Waals surface area contributed by atoms with Crippen LogP contribution in [0.5, 0.6) is 5.88 Å². The number of benzene rings is 1. The molecule has 2 N–H and O–H groups in total. The highest BCUT2D eigenvalue weighted by Gasteiger charge is 2.12. The minimum absolute atomic E-state index is 0.229. The molecule has 88 valence electrons. The lowest BCUT2D eigenvalue weighted by atomic mass is 10.0. The van der Waals surface area contributed by atoms with Gasteiger partial charge in [-0.15, -0.1) is 0 Å². The van der Waals surface area contributed by atoms with Crippen molar-refractivity contribution in [2.45, 2.75) is 6.54 Å². The highest BCUT2D eigenvalue weighted by molar-refractivity contribution is 5.67. The van der Waals surface area contributed by atoms with E-state index in [1.54, 1.807) is 12.3 Å². The summed E-state index contributed by atoms with van der Waals surface area (Å²) in [6.07, 6.45) is 3.09. The highest BCUT2D eigenvalue weighted by Crippen LogP contribution is 2.28. The Bertz CT molecular complexity index is 531. The predicted molar refractivity (Wildman–Crippen MR) is 61.9 cm³/mol. The third-order valence-electron chi connectivity index (χ3n) is 2.40. The van der Waals surface area contributed by atoms with E-state index in [9.17, 15) is 4.39 Å². The molecule has 2 rings (SSSR count). The molecule has 5 heteroatoms. The quantitative estimate of drug-likeness (QED) is 0.877. The lowest BCUT2D eigenvalue weighted by Crippen LogP contribution is -2.02. The predicted octanol–water partition coefficient (Wildman–Crippen LogP) is 1.75. The zero-order valence-electron chi connectivity index (χ0n) is 9.35. The maximum absolute atomic E-state index is 13.1. The van der Waals surface area contributed by atoms with Gasteiger partial charge in [-0.3, -0.25) is 0 Å². The first-order valence-electron chi connectivity index (χ1n) is 5.10. The molecule has 4 nitrogen and oxygen atoms in total. The van der Waals surface area contributed by atoms with Gasteiger partial charge in [-0.2, -0.15) is 0 Å². The van der Waals surface area contributed by atoms with Crippen LogP contribution in [0.4, 0.5) is 4.39 Å². The largest absolute Gasteiger partial charge is 0.479 e. The van der Waals surface area contributed by atoms with Crippen molar-refractivity contribution in [3.05, 3.63) is 42.0 Å². The summed E-state index contributed by atoms with van der Waals surface area (Å²) in [7, 11) is 1.51. The van der Waals surface area contributed by atoms with Crippen LogP contribution >= 0.6 is 0 Å². The van der Waals surface area contributed by atoms with E-state index in [0.717, 1.165) is 5.56 Å². The summed E-state index contributed by atoms with van der Waals surface area (Å²) >= 11 is 0. The molecule has 17 heavy (non-hydrogen) atoms. The van der Waals surface area contributed by atoms with Gasteiger partial charge in [0.15, 0.2) is 0 Å². The van der Waals surface area contributed by atoms with Gasteiger partial charge in [0.2, 0.25) is 5.88 Å². The molecule has 0 radical (unpaired) electrons. The second-order valence-corrected chi connectivity index (χ2v) is 3.42. The molecular weight excluding hydrogens is 221 g/mol. The van der Waals surface area contributed by atoms with Crippen LogP contribution in [0, 0.1) is 5.82 Å². The Labute approximate surface area is 98.3 Å². The molecule has 0 fully saturated rings. The number of methoxy groups -OCH3 is 1. The molecule has 1 aromatic carbocycles. The molecular formula is C12H12FN3O. The first-order chi connectivity index (χ1) is 8.26. The molecule has 2 aromatic rings. The average molecular weight is 233 g/mol. The van der Waals surface area contributed by atoms with E-state index in [2.05, 4.69) is 9.97 Å². The van der Waals surface area contributed by atoms with E-state index in [4.69, 9.17) is 10.5 Å². The topological polar surface area (TPSA) is 61.0 Å². The third-order valence-corrected chi connectivity index (χ3v) is 2.40. The normalized spacial score (nSPS) is 10.3. The minimum atomic E-state index is -0.322. The van der Waals surface area contributed by atoms with E-state index in [0.29, 0.717) is 17.1 Å². The first kappa shape index (κ1) is 11.5. The molecule has 0 saturated heterocycles. The number of ether oxygens (including phenoxy) is 1. The maximum Gasteiger partial charge on any atom is 0.240 e. The van der Waals surface area contributed by atoms with Crippen LogP contribution in [0.15, 0.2) is 30.6 Å². The summed E-state index contributed by atoms with van der Waals surface area (Å²) in [5, 5.41) is 0. The van der Waals surface area contributed by atoms with Crippen molar-refractivity contribution in [2.24, 2.45) is 5.73 Å². The van der Waals surface area contributed by atoms with Gasteiger partial charge < -0.3 is 10.5 Å². The summed E-state index contributed by atoms with van der Waals surface area (Å²) in [6, 6.07) is 4.39. The molecule has 1 heterocycles. The van der Waals surface area contributed by atoms with Crippen LogP contribution in [0.25, 0.3) is 11.3 Å². The second-order valence-electron chi connectivity index (χ2n) is 3.42. The molecule has 0 unspecified atom stereocenters. The first-order valence-corrected chi connectivity index (χ1v) is 5.10. The van der Waals surface area contributed by atoms with Gasteiger partial charge >= 0.3 is 0 Å². The van der Waals surface area contributed by atoms with Gasteiger partial charge in [-0.05, 0) is 23.8 Å². The second kappa shape index (κ2) is 4.88. The molecule has 0 atom stereocenters. The molecule has 0 aliphatic carbocycles. The molecule has 0 saturated carbocycles. The molecule has 0 aliphatic heterocycles. The Balaban J connectivity index is 2.59. The van der Waals surface area contributed by atoms with Crippen molar-refractivity contribution in [3.63, 3.8) is 0 Å². The SMILES string of the molecule is COc1nccnc1-c1ccc(F)cc1CN. The van der Waals surface area contributed by atoms with Crippen LogP contribution in [0.3, 0.4) is 0 Å². The molecule has 1 aromatic heterocycles. The summed E-state index contributed by atoms with van der Waals surface area (Å²) in [5.74, 6) is 0.0749. The van der Waals surface area contributed by atoms with Crippen molar-refractivity contribution in [3.8, 4) is 17.1 Å². The van der Waals surface area contributed by atoms with Crippen molar-refractivity contribution < 1.29 is 9.13 Å². The van der Waals surface area contributed by atoms with E-state index in [1.165, 1.54) is 25.4 Å². The van der Waals surface area contributed by atoms with Crippen molar-refractivity contribution in [1.29, 1.82) is 0 Å². The summed E-state index contributed by atoms with van der Waals surface area (Å²) in [5.41, 5.74) is 7.56. The lowest BCUT2D eigenvalue weighted by molar-refractivity contribution is 0.397. The van der Waals surface area contributed by atoms with E-state index < -0.39 is 0 Å². The van der Waals surface area contributed by atoms with Gasteiger partial charge in [0, 0.05) is 24.5 Å². The van der Waals surface area contributed by atoms with Gasteiger partial charge in [0.1, 0.15) is 11.5 Å². The van der Waals surface area contributed by atoms with E-state index in [-0.39, 0.29) is 12.4 Å². The maximum atomic E-state index is 13.1. The number of nitrogens with two attached hydrogens (primary N) is 1. The molecule has 0 amide bonds. The highest BCUT2D eigenvalue weighted by atomic mass is 19.1. The van der Waals surface area contributed by atoms with Crippen molar-refractivity contribution in [2.75, 3.05) is 7.11 Å². The third kappa shape index (κ3) is 2.24. The van der Waals surface area contributed by atoms with Gasteiger partial charge in [0.05, 0.1) is 7.11 Å². The summed E-state index contributed by atoms with van der Waals surface area (Å²) < 4.78 is 18.2. The van der Waals surface area contributed by atoms with Gasteiger partial charge in [0.25, 0.3) is 0 Å². The van der Waals surface area contributed by atoms with Crippen LogP contribution < -0.4 is 10.5 Å². The zero-order valence-corrected chi connectivity index (χ0v) is 9.35. The summed E-state index contributed by atoms with van der Waals surface area (Å²) in [6.45, 7) is 0.229. The number of hydrogen-bond acceptors (Lipinski definition) is 4. The van der Waals surface area contributed by atoms with Crippen molar-refractivity contribution in [1.82, 2.24) is 9.97 Å². The fraction of sp³-hybridized carbons (Fsp3) is 0.167. The van der Waals surface area contributed by atoms with Crippen LogP contribution in [-0.2, 0) is 6.54 Å². The Morgan fingerprint density at radius 1 is 1.29 bits per heavy atom. The Hall–Kier alpha value is -2.01. The fourth-order valence-corrected chi connectivity index (χ4v) is 1.62. The van der Waals surface area contributed by atoms with Gasteiger partial charge in [-0.1, -0.05) is 0 Å². The van der Waals surface area contributed by atoms with E-state index in [1.807, 2.05) is 0 Å². The smallest absolute Gasteiger partial charge is 0.240 e. The minimum Gasteiger partial charge on any atom is -0.479 e.